The van der Waals surface area contributed by atoms with Crippen LogP contribution in [0.2, 0.25) is 0 Å². The van der Waals surface area contributed by atoms with E-state index in [4.69, 9.17) is 18.9 Å². The Morgan fingerprint density at radius 3 is 2.60 bits per heavy atom. The van der Waals surface area contributed by atoms with Gasteiger partial charge in [-0.25, -0.2) is 9.79 Å². The fraction of sp³-hybridized carbons (Fsp3) is 0.300. The first-order valence-electron chi connectivity index (χ1n) is 12.8. The number of rotatable bonds is 10. The normalized spacial score (nSPS) is 15.0. The van der Waals surface area contributed by atoms with Crippen LogP contribution in [0.3, 0.4) is 0 Å². The maximum atomic E-state index is 14.0. The summed E-state index contributed by atoms with van der Waals surface area (Å²) in [5.74, 6) is 1.15. The van der Waals surface area contributed by atoms with E-state index in [1.54, 1.807) is 52.2 Å². The zero-order valence-corrected chi connectivity index (χ0v) is 25.4. The van der Waals surface area contributed by atoms with Gasteiger partial charge >= 0.3 is 5.97 Å². The molecular formula is C30H31BrN2O6S. The number of esters is 1. The molecule has 0 unspecified atom stereocenters. The van der Waals surface area contributed by atoms with Gasteiger partial charge in [-0.05, 0) is 69.7 Å². The van der Waals surface area contributed by atoms with Crippen molar-refractivity contribution >= 4 is 39.3 Å². The third-order valence-electron chi connectivity index (χ3n) is 5.99. The van der Waals surface area contributed by atoms with Crippen LogP contribution in [0.5, 0.6) is 17.2 Å². The molecule has 3 aromatic rings. The van der Waals surface area contributed by atoms with Crippen molar-refractivity contribution in [1.82, 2.24) is 4.57 Å². The first kappa shape index (κ1) is 29.4. The summed E-state index contributed by atoms with van der Waals surface area (Å²) in [6.45, 7) is 11.7. The number of methoxy groups -OCH3 is 1. The highest BCUT2D eigenvalue weighted by Crippen LogP contribution is 2.37. The van der Waals surface area contributed by atoms with Crippen molar-refractivity contribution in [2.45, 2.75) is 39.8 Å². The number of carbonyl (C=O) groups excluding carboxylic acids is 1. The Balaban J connectivity index is 1.92. The number of fused-ring (bicyclic) bond motifs is 1. The van der Waals surface area contributed by atoms with E-state index in [0.717, 1.165) is 10.0 Å². The zero-order chi connectivity index (χ0) is 29.0. The molecule has 2 aromatic carbocycles. The highest BCUT2D eigenvalue weighted by Gasteiger charge is 2.35. The van der Waals surface area contributed by atoms with Crippen LogP contribution < -0.4 is 29.1 Å². The second-order valence-electron chi connectivity index (χ2n) is 9.16. The summed E-state index contributed by atoms with van der Waals surface area (Å²) >= 11 is 4.77. The lowest BCUT2D eigenvalue weighted by molar-refractivity contribution is -0.143. The van der Waals surface area contributed by atoms with Crippen LogP contribution >= 0.6 is 27.3 Å². The quantitative estimate of drug-likeness (QED) is 0.234. The molecule has 1 aromatic heterocycles. The minimum atomic E-state index is -0.800. The average molecular weight is 628 g/mol. The molecule has 4 rings (SSSR count). The van der Waals surface area contributed by atoms with E-state index in [-0.39, 0.29) is 17.2 Å². The summed E-state index contributed by atoms with van der Waals surface area (Å²) in [5.41, 5.74) is 1.87. The molecular weight excluding hydrogens is 596 g/mol. The molecule has 1 aliphatic heterocycles. The fourth-order valence-electron chi connectivity index (χ4n) is 4.38. The van der Waals surface area contributed by atoms with E-state index in [2.05, 4.69) is 27.5 Å². The van der Waals surface area contributed by atoms with Crippen LogP contribution in [0.4, 0.5) is 0 Å². The van der Waals surface area contributed by atoms with Crippen molar-refractivity contribution in [3.63, 3.8) is 0 Å². The lowest BCUT2D eigenvalue weighted by Crippen LogP contribution is -2.40. The van der Waals surface area contributed by atoms with Gasteiger partial charge in [-0.3, -0.25) is 9.36 Å². The number of halogens is 1. The van der Waals surface area contributed by atoms with Crippen molar-refractivity contribution in [3.05, 3.63) is 95.6 Å². The van der Waals surface area contributed by atoms with Gasteiger partial charge in [0.25, 0.3) is 5.56 Å². The first-order valence-corrected chi connectivity index (χ1v) is 14.4. The van der Waals surface area contributed by atoms with Crippen molar-refractivity contribution < 1.29 is 23.7 Å². The van der Waals surface area contributed by atoms with E-state index in [9.17, 15) is 9.59 Å². The third-order valence-corrected chi connectivity index (χ3v) is 7.47. The number of carbonyl (C=O) groups is 1. The van der Waals surface area contributed by atoms with Gasteiger partial charge in [0.05, 0.1) is 35.6 Å². The van der Waals surface area contributed by atoms with Gasteiger partial charge in [-0.1, -0.05) is 46.0 Å². The Morgan fingerprint density at radius 2 is 1.93 bits per heavy atom. The van der Waals surface area contributed by atoms with Gasteiger partial charge in [0, 0.05) is 10.0 Å². The van der Waals surface area contributed by atoms with E-state index in [0.29, 0.717) is 51.1 Å². The molecule has 0 fully saturated rings. The van der Waals surface area contributed by atoms with Crippen LogP contribution in [-0.2, 0) is 9.53 Å². The standard InChI is InChI=1S/C30H31BrN2O6S/c1-7-13-38-23-11-9-19(14-24(23)37-8-2)15-25-28(34)33-27(21-16-20(31)10-12-22(21)36-6)26(29(35)39-17(3)4)18(5)32-30(33)40-25/h7,9-12,14-17,27H,1,8,13H2,2-6H3/b25-15-/t27-/m0/s1. The van der Waals surface area contributed by atoms with Crippen molar-refractivity contribution in [1.29, 1.82) is 0 Å². The Labute approximate surface area is 245 Å². The van der Waals surface area contributed by atoms with Crippen LogP contribution in [0.15, 0.2) is 74.6 Å². The molecule has 0 spiro atoms. The minimum Gasteiger partial charge on any atom is -0.496 e. The zero-order valence-electron chi connectivity index (χ0n) is 23.0. The molecule has 0 radical (unpaired) electrons. The minimum absolute atomic E-state index is 0.284. The van der Waals surface area contributed by atoms with E-state index >= 15 is 0 Å². The van der Waals surface area contributed by atoms with Crippen LogP contribution in [0.1, 0.15) is 44.9 Å². The molecule has 0 saturated carbocycles. The van der Waals surface area contributed by atoms with E-state index in [1.165, 1.54) is 15.9 Å². The number of allylic oxidation sites excluding steroid dienone is 1. The predicted molar refractivity (Wildman–Crippen MR) is 159 cm³/mol. The van der Waals surface area contributed by atoms with E-state index < -0.39 is 12.0 Å². The number of benzene rings is 2. The molecule has 1 atom stereocenters. The molecule has 2 heterocycles. The molecule has 0 amide bonds. The number of aromatic nitrogens is 1. The second-order valence-corrected chi connectivity index (χ2v) is 11.1. The molecule has 0 N–H and O–H groups in total. The summed E-state index contributed by atoms with van der Waals surface area (Å²) < 4.78 is 25.5. The van der Waals surface area contributed by atoms with Crippen molar-refractivity contribution in [2.75, 3.05) is 20.3 Å². The van der Waals surface area contributed by atoms with Gasteiger partial charge in [0.1, 0.15) is 18.4 Å². The fourth-order valence-corrected chi connectivity index (χ4v) is 5.80. The SMILES string of the molecule is C=CCOc1ccc(/C=c2\sc3n(c2=O)[C@@H](c2cc(Br)ccc2OC)C(C(=O)OC(C)C)=C(C)N=3)cc1OCC. The third kappa shape index (κ3) is 6.08. The highest BCUT2D eigenvalue weighted by molar-refractivity contribution is 9.10. The summed E-state index contributed by atoms with van der Waals surface area (Å²) in [5, 5.41) is 0. The number of nitrogens with zero attached hydrogens (tertiary/aromatic N) is 2. The molecule has 8 nitrogen and oxygen atoms in total. The largest absolute Gasteiger partial charge is 0.496 e. The number of hydrogen-bond donors (Lipinski definition) is 0. The lowest BCUT2D eigenvalue weighted by atomic mass is 9.95. The van der Waals surface area contributed by atoms with Gasteiger partial charge in [-0.15, -0.1) is 0 Å². The summed E-state index contributed by atoms with van der Waals surface area (Å²) in [6, 6.07) is 10.2. The Hall–Kier alpha value is -3.63. The van der Waals surface area contributed by atoms with Crippen molar-refractivity contribution in [3.8, 4) is 17.2 Å². The number of hydrogen-bond acceptors (Lipinski definition) is 8. The Morgan fingerprint density at radius 1 is 1.18 bits per heavy atom. The van der Waals surface area contributed by atoms with Gasteiger partial charge < -0.3 is 18.9 Å². The topological polar surface area (TPSA) is 88.4 Å². The second kappa shape index (κ2) is 12.7. The number of thiazole rings is 1. The predicted octanol–water partition coefficient (Wildman–Crippen LogP) is 4.92. The van der Waals surface area contributed by atoms with Gasteiger partial charge in [-0.2, -0.15) is 0 Å². The van der Waals surface area contributed by atoms with Gasteiger partial charge in [0.15, 0.2) is 16.3 Å². The maximum Gasteiger partial charge on any atom is 0.338 e. The Kier molecular flexibility index (Phi) is 9.32. The Bertz CT molecular complexity index is 1650. The molecule has 40 heavy (non-hydrogen) atoms. The highest BCUT2D eigenvalue weighted by atomic mass is 79.9. The van der Waals surface area contributed by atoms with Crippen LogP contribution in [-0.4, -0.2) is 37.0 Å². The molecule has 210 valence electrons. The molecule has 1 aliphatic rings. The van der Waals surface area contributed by atoms with E-state index in [1.807, 2.05) is 31.2 Å². The summed E-state index contributed by atoms with van der Waals surface area (Å²) in [4.78, 5) is 32.5. The van der Waals surface area contributed by atoms with Gasteiger partial charge in [0.2, 0.25) is 0 Å². The van der Waals surface area contributed by atoms with Crippen LogP contribution in [0, 0.1) is 0 Å². The summed E-state index contributed by atoms with van der Waals surface area (Å²) in [6.07, 6.45) is 3.10. The lowest BCUT2D eigenvalue weighted by Gasteiger charge is -2.26. The summed E-state index contributed by atoms with van der Waals surface area (Å²) in [7, 11) is 1.55. The molecule has 10 heteroatoms. The smallest absolute Gasteiger partial charge is 0.338 e. The maximum absolute atomic E-state index is 14.0. The molecule has 0 saturated heterocycles. The molecule has 0 bridgehead atoms. The van der Waals surface area contributed by atoms with Crippen LogP contribution in [0.25, 0.3) is 6.08 Å². The number of ether oxygens (including phenoxy) is 4. The molecule has 0 aliphatic carbocycles. The van der Waals surface area contributed by atoms with Crippen molar-refractivity contribution in [2.24, 2.45) is 4.99 Å². The monoisotopic (exact) mass is 626 g/mol. The first-order chi connectivity index (χ1) is 19.2. The average Bonchev–Trinajstić information content (AvgIpc) is 3.21.